The summed E-state index contributed by atoms with van der Waals surface area (Å²) in [5.41, 5.74) is 6.05. The number of amides is 2. The minimum atomic E-state index is -4.63. The third kappa shape index (κ3) is 16.9. The van der Waals surface area contributed by atoms with Crippen LogP contribution in [0.3, 0.4) is 0 Å². The number of rotatable bonds is 21. The lowest BCUT2D eigenvalue weighted by Gasteiger charge is -2.11. The number of halogens is 3. The van der Waals surface area contributed by atoms with Crippen molar-refractivity contribution in [2.45, 2.75) is 116 Å². The molecule has 0 bridgehead atoms. The molecule has 1 aliphatic heterocycles. The van der Waals surface area contributed by atoms with Crippen molar-refractivity contribution in [3.8, 4) is 0 Å². The predicted molar refractivity (Wildman–Crippen MR) is 127 cm³/mol. The largest absolute Gasteiger partial charge is 0.451 e. The molecule has 1 rings (SSSR count). The van der Waals surface area contributed by atoms with Gasteiger partial charge in [0.15, 0.2) is 0 Å². The van der Waals surface area contributed by atoms with Crippen molar-refractivity contribution in [1.29, 1.82) is 0 Å². The van der Waals surface area contributed by atoms with Crippen molar-refractivity contribution in [2.75, 3.05) is 19.8 Å². The summed E-state index contributed by atoms with van der Waals surface area (Å²) >= 11 is 0. The van der Waals surface area contributed by atoms with E-state index in [1.54, 1.807) is 5.48 Å². The maximum absolute atomic E-state index is 12.4. The molecule has 1 atom stereocenters. The van der Waals surface area contributed by atoms with Gasteiger partial charge in [0.1, 0.15) is 0 Å². The van der Waals surface area contributed by atoms with E-state index in [2.05, 4.69) is 32.9 Å². The molecule has 0 aliphatic carbocycles. The number of hydrogen-bond donors (Lipinski definition) is 4. The molecule has 11 heteroatoms. The highest BCUT2D eigenvalue weighted by atomic mass is 19.4. The molecule has 0 aromatic heterocycles. The first-order valence-corrected chi connectivity index (χ1v) is 12.9. The number of ether oxygens (including phenoxy) is 1. The Bertz CT molecular complexity index is 550. The molecule has 1 aliphatic rings. The van der Waals surface area contributed by atoms with Crippen LogP contribution in [0.25, 0.3) is 0 Å². The Labute approximate surface area is 202 Å². The van der Waals surface area contributed by atoms with E-state index in [0.29, 0.717) is 19.6 Å². The molecule has 0 saturated carbocycles. The molecular weight excluding hydrogens is 451 g/mol. The molecule has 34 heavy (non-hydrogen) atoms. The Morgan fingerprint density at radius 1 is 0.912 bits per heavy atom. The molecule has 200 valence electrons. The van der Waals surface area contributed by atoms with Crippen LogP contribution in [0, 0.1) is 0 Å². The number of unbranched alkanes of at least 4 members (excludes halogenated alkanes) is 13. The number of amidine groups is 1. The summed E-state index contributed by atoms with van der Waals surface area (Å²) in [7, 11) is 0. The average molecular weight is 496 g/mol. The number of aliphatic imine (C=N–C) groups is 1. The summed E-state index contributed by atoms with van der Waals surface area (Å²) in [5, 5.41) is 2.56. The minimum absolute atomic E-state index is 0.382. The predicted octanol–water partition coefficient (Wildman–Crippen LogP) is 5.46. The Hall–Kier alpha value is -1.59. The van der Waals surface area contributed by atoms with Crippen LogP contribution in [-0.2, 0) is 9.57 Å². The van der Waals surface area contributed by atoms with Crippen molar-refractivity contribution in [2.24, 2.45) is 4.99 Å². The Morgan fingerprint density at radius 3 is 1.97 bits per heavy atom. The van der Waals surface area contributed by atoms with Gasteiger partial charge in [-0.05, 0) is 12.8 Å². The molecule has 0 aromatic rings. The number of carbonyl (C=O) groups excluding carboxylic acids is 1. The fraction of sp³-hybridized carbons (Fsp3) is 0.913. The monoisotopic (exact) mass is 495 g/mol. The number of hydrazine groups is 1. The fourth-order valence-corrected chi connectivity index (χ4v) is 3.52. The maximum Gasteiger partial charge on any atom is 0.451 e. The van der Waals surface area contributed by atoms with Crippen molar-refractivity contribution < 1.29 is 27.5 Å². The van der Waals surface area contributed by atoms with Crippen LogP contribution in [0.15, 0.2) is 4.99 Å². The van der Waals surface area contributed by atoms with Gasteiger partial charge >= 0.3 is 12.2 Å². The summed E-state index contributed by atoms with van der Waals surface area (Å²) in [6, 6.07) is -0.591. The summed E-state index contributed by atoms with van der Waals surface area (Å²) in [5.74, 6) is -1.26. The van der Waals surface area contributed by atoms with Gasteiger partial charge in [-0.15, -0.1) is 0 Å². The zero-order valence-electron chi connectivity index (χ0n) is 20.6. The first kappa shape index (κ1) is 30.4. The van der Waals surface area contributed by atoms with Crippen LogP contribution >= 0.6 is 0 Å². The van der Waals surface area contributed by atoms with Gasteiger partial charge in [-0.1, -0.05) is 90.4 Å². The number of urea groups is 1. The third-order valence-corrected chi connectivity index (χ3v) is 5.48. The van der Waals surface area contributed by atoms with Gasteiger partial charge in [0.05, 0.1) is 0 Å². The number of alkyl halides is 3. The summed E-state index contributed by atoms with van der Waals surface area (Å²) < 4.78 is 42.7. The first-order chi connectivity index (χ1) is 16.4. The van der Waals surface area contributed by atoms with E-state index in [0.717, 1.165) is 13.0 Å². The average Bonchev–Trinajstić information content (AvgIpc) is 3.29. The van der Waals surface area contributed by atoms with Gasteiger partial charge in [-0.25, -0.2) is 20.1 Å². The van der Waals surface area contributed by atoms with Gasteiger partial charge in [0.25, 0.3) is 0 Å². The van der Waals surface area contributed by atoms with E-state index in [4.69, 9.17) is 4.74 Å². The molecular formula is C23H44F3N5O3. The zero-order chi connectivity index (χ0) is 24.9. The third-order valence-electron chi connectivity index (χ3n) is 5.48. The van der Waals surface area contributed by atoms with Gasteiger partial charge < -0.3 is 10.1 Å². The number of hydrogen-bond acceptors (Lipinski definition) is 6. The van der Waals surface area contributed by atoms with Crippen LogP contribution in [0.2, 0.25) is 0 Å². The van der Waals surface area contributed by atoms with E-state index in [1.165, 1.54) is 83.5 Å². The zero-order valence-corrected chi connectivity index (χ0v) is 20.6. The van der Waals surface area contributed by atoms with Gasteiger partial charge in [0.2, 0.25) is 12.2 Å². The number of nitrogens with one attached hydrogen (secondary N) is 4. The van der Waals surface area contributed by atoms with Crippen LogP contribution in [0.1, 0.15) is 103 Å². The van der Waals surface area contributed by atoms with E-state index >= 15 is 0 Å². The number of hydroxylamine groups is 1. The van der Waals surface area contributed by atoms with E-state index < -0.39 is 24.4 Å². The van der Waals surface area contributed by atoms with E-state index in [-0.39, 0.29) is 0 Å². The minimum Gasteiger partial charge on any atom is -0.381 e. The molecule has 4 N–H and O–H groups in total. The smallest absolute Gasteiger partial charge is 0.381 e. The lowest BCUT2D eigenvalue weighted by Crippen LogP contribution is -2.49. The summed E-state index contributed by atoms with van der Waals surface area (Å²) in [4.78, 5) is 19.3. The molecule has 8 nitrogen and oxygen atoms in total. The van der Waals surface area contributed by atoms with Gasteiger partial charge in [-0.2, -0.15) is 18.6 Å². The van der Waals surface area contributed by atoms with E-state index in [1.807, 2.05) is 0 Å². The number of carbonyl (C=O) groups is 1. The Morgan fingerprint density at radius 2 is 1.44 bits per heavy atom. The molecule has 0 spiro atoms. The quantitative estimate of drug-likeness (QED) is 0.125. The normalized spacial score (nSPS) is 15.8. The van der Waals surface area contributed by atoms with Crippen molar-refractivity contribution in [3.05, 3.63) is 0 Å². The fourth-order valence-electron chi connectivity index (χ4n) is 3.52. The van der Waals surface area contributed by atoms with Crippen LogP contribution in [0.5, 0.6) is 0 Å². The molecule has 0 saturated heterocycles. The standard InChI is InChI=1S/C23H44F3N5O3/c1-2-3-4-5-6-7-8-9-10-11-12-13-14-15-18-33-19-16-17-27-21(32)29-30-22-28-20(31-34-22)23(24,25)26/h22,30H,2-19H2,1H3,(H,28,31)(H2,27,29,32). The summed E-state index contributed by atoms with van der Waals surface area (Å²) in [6.07, 6.45) is 13.2. The highest BCUT2D eigenvalue weighted by Crippen LogP contribution is 2.18. The molecule has 0 aromatic carbocycles. The topological polar surface area (TPSA) is 96.0 Å². The second-order valence-electron chi connectivity index (χ2n) is 8.64. The second kappa shape index (κ2) is 19.7. The van der Waals surface area contributed by atoms with Gasteiger partial charge in [0, 0.05) is 19.8 Å². The van der Waals surface area contributed by atoms with Crippen LogP contribution < -0.4 is 21.6 Å². The lowest BCUT2D eigenvalue weighted by molar-refractivity contribution is -0.0697. The van der Waals surface area contributed by atoms with Crippen molar-refractivity contribution in [1.82, 2.24) is 21.6 Å². The van der Waals surface area contributed by atoms with Crippen LogP contribution in [0.4, 0.5) is 18.0 Å². The maximum atomic E-state index is 12.4. The first-order valence-electron chi connectivity index (χ1n) is 12.9. The lowest BCUT2D eigenvalue weighted by atomic mass is 10.0. The van der Waals surface area contributed by atoms with Crippen molar-refractivity contribution >= 4 is 11.9 Å². The highest BCUT2D eigenvalue weighted by molar-refractivity contribution is 5.87. The number of nitrogens with zero attached hydrogens (tertiary/aromatic N) is 1. The van der Waals surface area contributed by atoms with Gasteiger partial charge in [-0.3, -0.25) is 5.43 Å². The molecule has 0 radical (unpaired) electrons. The highest BCUT2D eigenvalue weighted by Gasteiger charge is 2.40. The van der Waals surface area contributed by atoms with E-state index in [9.17, 15) is 18.0 Å². The molecule has 1 heterocycles. The molecule has 1 unspecified atom stereocenters. The summed E-state index contributed by atoms with van der Waals surface area (Å²) in [6.45, 7) is 3.90. The Balaban J connectivity index is 1.78. The molecule has 2 amide bonds. The SMILES string of the molecule is CCCCCCCCCCCCCCCCOCCCNC(=O)NNC1N=C(C(F)(F)F)NO1. The Kier molecular flexibility index (Phi) is 17.6. The second-order valence-corrected chi connectivity index (χ2v) is 8.64. The van der Waals surface area contributed by atoms with Crippen LogP contribution in [-0.4, -0.2) is 44.2 Å². The van der Waals surface area contributed by atoms with Crippen molar-refractivity contribution in [3.63, 3.8) is 0 Å². The molecule has 0 fully saturated rings.